The molecule has 1 saturated heterocycles. The summed E-state index contributed by atoms with van der Waals surface area (Å²) < 4.78 is 29.1. The number of anilines is 3. The SMILES string of the molecule is CCN([C@H]1CC[C@@H](C(=O)O)CC1)S(=O)(=O)c1cccc(C(=O)Nc2ccc(N3CCCCC3)cc2C(=O)Nc2ccc(CCc3ccc(C(=O)O)cc3)cc2)c1. The highest BCUT2D eigenvalue weighted by atomic mass is 32.2. The minimum Gasteiger partial charge on any atom is -0.481 e. The summed E-state index contributed by atoms with van der Waals surface area (Å²) in [6.45, 7) is 3.67. The van der Waals surface area contributed by atoms with Gasteiger partial charge >= 0.3 is 11.9 Å². The second kappa shape index (κ2) is 17.9. The largest absolute Gasteiger partial charge is 0.481 e. The Hall–Kier alpha value is -5.53. The number of nitrogens with one attached hydrogen (secondary N) is 2. The number of carboxylic acids is 2. The molecule has 6 rings (SSSR count). The van der Waals surface area contributed by atoms with Crippen molar-refractivity contribution in [2.45, 2.75) is 75.6 Å². The van der Waals surface area contributed by atoms with Crippen LogP contribution in [0.25, 0.3) is 0 Å². The normalized spacial score (nSPS) is 17.3. The molecule has 0 bridgehead atoms. The van der Waals surface area contributed by atoms with Crippen LogP contribution in [0.2, 0.25) is 0 Å². The van der Waals surface area contributed by atoms with Gasteiger partial charge in [-0.2, -0.15) is 4.31 Å². The van der Waals surface area contributed by atoms with E-state index in [0.29, 0.717) is 31.4 Å². The molecule has 12 nitrogen and oxygen atoms in total. The number of piperidine rings is 1. The van der Waals surface area contributed by atoms with E-state index in [1.165, 1.54) is 28.6 Å². The number of rotatable bonds is 14. The number of hydrogen-bond donors (Lipinski definition) is 4. The highest BCUT2D eigenvalue weighted by Gasteiger charge is 2.35. The van der Waals surface area contributed by atoms with Gasteiger partial charge in [-0.25, -0.2) is 13.2 Å². The Morgan fingerprint density at radius 3 is 1.98 bits per heavy atom. The summed E-state index contributed by atoms with van der Waals surface area (Å²) in [5, 5.41) is 24.4. The third-order valence-electron chi connectivity index (χ3n) is 10.8. The van der Waals surface area contributed by atoms with Gasteiger partial charge in [0, 0.05) is 42.6 Å². The Bertz CT molecular complexity index is 2160. The molecule has 1 aliphatic heterocycles. The maximum absolute atomic E-state index is 13.9. The molecule has 294 valence electrons. The number of aryl methyl sites for hydroxylation is 2. The lowest BCUT2D eigenvalue weighted by atomic mass is 9.86. The van der Waals surface area contributed by atoms with Gasteiger partial charge in [0.2, 0.25) is 10.0 Å². The molecule has 0 spiro atoms. The van der Waals surface area contributed by atoms with Gasteiger partial charge < -0.3 is 25.7 Å². The zero-order valence-corrected chi connectivity index (χ0v) is 32.3. The van der Waals surface area contributed by atoms with Crippen molar-refractivity contribution in [3.8, 4) is 0 Å². The Balaban J connectivity index is 1.17. The maximum Gasteiger partial charge on any atom is 0.335 e. The molecule has 0 unspecified atom stereocenters. The summed E-state index contributed by atoms with van der Waals surface area (Å²) >= 11 is 0. The Morgan fingerprint density at radius 1 is 0.732 bits per heavy atom. The molecule has 56 heavy (non-hydrogen) atoms. The number of carboxylic acid groups (broad SMARTS) is 2. The molecule has 13 heteroatoms. The summed E-state index contributed by atoms with van der Waals surface area (Å²) in [7, 11) is -4.00. The van der Waals surface area contributed by atoms with Gasteiger partial charge in [0.1, 0.15) is 0 Å². The quantitative estimate of drug-likeness (QED) is 0.102. The summed E-state index contributed by atoms with van der Waals surface area (Å²) in [5.41, 5.74) is 4.38. The molecule has 1 saturated carbocycles. The fraction of sp³-hybridized carbons (Fsp3) is 0.349. The summed E-state index contributed by atoms with van der Waals surface area (Å²) in [4.78, 5) is 52.5. The summed E-state index contributed by atoms with van der Waals surface area (Å²) in [6.07, 6.45) is 6.36. The number of amides is 2. The van der Waals surface area contributed by atoms with E-state index in [0.717, 1.165) is 62.0 Å². The first-order chi connectivity index (χ1) is 26.9. The number of benzene rings is 4. The van der Waals surface area contributed by atoms with Crippen LogP contribution in [-0.4, -0.2) is 72.4 Å². The van der Waals surface area contributed by atoms with Crippen molar-refractivity contribution >= 4 is 50.8 Å². The molecule has 0 aromatic heterocycles. The van der Waals surface area contributed by atoms with Crippen molar-refractivity contribution < 1.29 is 37.8 Å². The van der Waals surface area contributed by atoms with Crippen LogP contribution in [0.1, 0.15) is 94.1 Å². The van der Waals surface area contributed by atoms with E-state index in [4.69, 9.17) is 5.11 Å². The van der Waals surface area contributed by atoms with E-state index in [1.54, 1.807) is 31.2 Å². The van der Waals surface area contributed by atoms with Crippen LogP contribution in [0, 0.1) is 5.92 Å². The topological polar surface area (TPSA) is 173 Å². The van der Waals surface area contributed by atoms with Crippen molar-refractivity contribution in [1.82, 2.24) is 4.31 Å². The second-order valence-electron chi connectivity index (χ2n) is 14.5. The molecule has 2 fully saturated rings. The Morgan fingerprint density at radius 2 is 1.38 bits per heavy atom. The Labute approximate surface area is 327 Å². The third-order valence-corrected chi connectivity index (χ3v) is 12.8. The molecule has 0 atom stereocenters. The summed E-state index contributed by atoms with van der Waals surface area (Å²) in [5.74, 6) is -3.29. The second-order valence-corrected chi connectivity index (χ2v) is 16.4. The molecule has 4 aromatic carbocycles. The monoisotopic (exact) mass is 780 g/mol. The first kappa shape index (κ1) is 40.1. The van der Waals surface area contributed by atoms with Gasteiger partial charge in [0.25, 0.3) is 11.8 Å². The number of hydrogen-bond acceptors (Lipinski definition) is 7. The molecule has 0 radical (unpaired) electrons. The van der Waals surface area contributed by atoms with Crippen LogP contribution in [0.3, 0.4) is 0 Å². The van der Waals surface area contributed by atoms with Gasteiger partial charge in [0.15, 0.2) is 0 Å². The number of carbonyl (C=O) groups excluding carboxylic acids is 2. The van der Waals surface area contributed by atoms with Crippen molar-refractivity contribution in [3.05, 3.63) is 119 Å². The lowest BCUT2D eigenvalue weighted by molar-refractivity contribution is -0.143. The van der Waals surface area contributed by atoms with Gasteiger partial charge in [0.05, 0.1) is 27.6 Å². The fourth-order valence-electron chi connectivity index (χ4n) is 7.60. The number of nitrogens with zero attached hydrogens (tertiary/aromatic N) is 2. The van der Waals surface area contributed by atoms with Crippen LogP contribution in [0.5, 0.6) is 0 Å². The lowest BCUT2D eigenvalue weighted by Gasteiger charge is -2.34. The van der Waals surface area contributed by atoms with Crippen LogP contribution < -0.4 is 15.5 Å². The third kappa shape index (κ3) is 9.64. The minimum absolute atomic E-state index is 0.0367. The molecular formula is C43H48N4O8S. The first-order valence-electron chi connectivity index (χ1n) is 19.2. The number of carbonyl (C=O) groups is 4. The number of aliphatic carboxylic acids is 1. The van der Waals surface area contributed by atoms with Crippen LogP contribution in [0.4, 0.5) is 17.1 Å². The molecule has 1 heterocycles. The van der Waals surface area contributed by atoms with E-state index in [9.17, 15) is 32.7 Å². The summed E-state index contributed by atoms with van der Waals surface area (Å²) in [6, 6.07) is 25.1. The molecule has 2 amide bonds. The van der Waals surface area contributed by atoms with E-state index in [-0.39, 0.29) is 39.9 Å². The van der Waals surface area contributed by atoms with Crippen LogP contribution >= 0.6 is 0 Å². The van der Waals surface area contributed by atoms with Gasteiger partial charge in [-0.05, 0) is 130 Å². The number of sulfonamides is 1. The van der Waals surface area contributed by atoms with Gasteiger partial charge in [-0.15, -0.1) is 0 Å². The highest BCUT2D eigenvalue weighted by Crippen LogP contribution is 2.32. The fourth-order valence-corrected chi connectivity index (χ4v) is 9.34. The smallest absolute Gasteiger partial charge is 0.335 e. The lowest BCUT2D eigenvalue weighted by Crippen LogP contribution is -2.42. The number of aromatic carboxylic acids is 1. The first-order valence-corrected chi connectivity index (χ1v) is 20.6. The van der Waals surface area contributed by atoms with E-state index < -0.39 is 39.7 Å². The van der Waals surface area contributed by atoms with Crippen molar-refractivity contribution in [1.29, 1.82) is 0 Å². The molecule has 4 N–H and O–H groups in total. The van der Waals surface area contributed by atoms with Crippen molar-refractivity contribution in [2.24, 2.45) is 5.92 Å². The highest BCUT2D eigenvalue weighted by molar-refractivity contribution is 7.89. The average molecular weight is 781 g/mol. The van der Waals surface area contributed by atoms with Crippen molar-refractivity contribution in [3.63, 3.8) is 0 Å². The van der Waals surface area contributed by atoms with E-state index >= 15 is 0 Å². The predicted molar refractivity (Wildman–Crippen MR) is 215 cm³/mol. The standard InChI is InChI=1S/C43H48N4O8S/c1-2-47(35-21-17-32(18-22-35)43(52)53)56(54,55)37-8-6-7-33(27-37)40(48)45-39-24-23-36(46-25-4-3-5-26-46)28-38(39)41(49)44-34-19-13-30(14-20-34)10-9-29-11-15-31(16-12-29)42(50)51/h6-8,11-16,19-20,23-24,27-28,32,35H,2-5,9-10,17-18,21-22,25-26H2,1H3,(H,44,49)(H,45,48)(H,50,51)(H,52,53)/t32-,35+. The molecule has 2 aliphatic rings. The van der Waals surface area contributed by atoms with Crippen molar-refractivity contribution in [2.75, 3.05) is 35.2 Å². The average Bonchev–Trinajstić information content (AvgIpc) is 3.21. The molecule has 4 aromatic rings. The zero-order valence-electron chi connectivity index (χ0n) is 31.4. The maximum atomic E-state index is 13.9. The predicted octanol–water partition coefficient (Wildman–Crippen LogP) is 7.32. The van der Waals surface area contributed by atoms with Crippen LogP contribution in [-0.2, 0) is 27.7 Å². The molecular weight excluding hydrogens is 733 g/mol. The van der Waals surface area contributed by atoms with E-state index in [1.807, 2.05) is 42.5 Å². The van der Waals surface area contributed by atoms with Crippen LogP contribution in [0.15, 0.2) is 95.9 Å². The van der Waals surface area contributed by atoms with Gasteiger partial charge in [-0.3, -0.25) is 14.4 Å². The van der Waals surface area contributed by atoms with Gasteiger partial charge in [-0.1, -0.05) is 37.3 Å². The minimum atomic E-state index is -4.00. The molecule has 1 aliphatic carbocycles. The van der Waals surface area contributed by atoms with E-state index in [2.05, 4.69) is 15.5 Å². The zero-order chi connectivity index (χ0) is 39.8. The Kier molecular flexibility index (Phi) is 12.9.